The van der Waals surface area contributed by atoms with Gasteiger partial charge < -0.3 is 4.90 Å². The van der Waals surface area contributed by atoms with Crippen molar-refractivity contribution in [3.63, 3.8) is 0 Å². The predicted octanol–water partition coefficient (Wildman–Crippen LogP) is 2.83. The van der Waals surface area contributed by atoms with Gasteiger partial charge in [-0.1, -0.05) is 15.9 Å². The van der Waals surface area contributed by atoms with Gasteiger partial charge in [0.1, 0.15) is 12.1 Å². The van der Waals surface area contributed by atoms with E-state index in [9.17, 15) is 0 Å². The minimum absolute atomic E-state index is 0.944. The smallest absolute Gasteiger partial charge is 0.149 e. The average molecular weight is 286 g/mol. The van der Waals surface area contributed by atoms with Crippen LogP contribution < -0.4 is 4.90 Å². The summed E-state index contributed by atoms with van der Waals surface area (Å²) in [5.74, 6) is 1.03. The van der Waals surface area contributed by atoms with Crippen molar-refractivity contribution in [1.29, 1.82) is 0 Å². The second-order valence-electron chi connectivity index (χ2n) is 3.40. The highest BCUT2D eigenvalue weighted by atomic mass is 79.9. The number of halogens is 1. The van der Waals surface area contributed by atoms with Crippen molar-refractivity contribution in [2.75, 3.05) is 23.8 Å². The number of aryl methyl sites for hydroxylation is 1. The molecule has 5 heteroatoms. The number of fused-ring (bicyclic) bond motifs is 1. The van der Waals surface area contributed by atoms with Crippen LogP contribution in [0.3, 0.4) is 0 Å². The topological polar surface area (TPSA) is 29.0 Å². The normalized spacial score (nSPS) is 10.9. The van der Waals surface area contributed by atoms with E-state index in [0.717, 1.165) is 23.2 Å². The molecule has 0 spiro atoms. The first-order valence-electron chi connectivity index (χ1n) is 4.70. The molecule has 0 saturated carbocycles. The van der Waals surface area contributed by atoms with Crippen LogP contribution in [-0.2, 0) is 0 Å². The summed E-state index contributed by atoms with van der Waals surface area (Å²) in [6.45, 7) is 3.03. The van der Waals surface area contributed by atoms with Crippen LogP contribution in [0.5, 0.6) is 0 Å². The molecule has 80 valence electrons. The number of alkyl halides is 1. The molecule has 2 rings (SSSR count). The molecule has 0 aliphatic carbocycles. The maximum absolute atomic E-state index is 4.34. The van der Waals surface area contributed by atoms with Gasteiger partial charge in [-0.25, -0.2) is 9.97 Å². The second kappa shape index (κ2) is 4.45. The molecule has 2 aromatic rings. The summed E-state index contributed by atoms with van der Waals surface area (Å²) in [4.78, 5) is 10.8. The summed E-state index contributed by atoms with van der Waals surface area (Å²) < 4.78 is 1.18. The van der Waals surface area contributed by atoms with Gasteiger partial charge in [0.15, 0.2) is 0 Å². The third kappa shape index (κ3) is 1.99. The Kier molecular flexibility index (Phi) is 3.21. The molecule has 2 aromatic heterocycles. The molecule has 0 saturated heterocycles. The molecule has 2 heterocycles. The van der Waals surface area contributed by atoms with Gasteiger partial charge in [0.05, 0.1) is 10.2 Å². The van der Waals surface area contributed by atoms with Crippen LogP contribution in [0.4, 0.5) is 5.82 Å². The highest BCUT2D eigenvalue weighted by Crippen LogP contribution is 2.30. The maximum atomic E-state index is 4.34. The third-order valence-electron chi connectivity index (χ3n) is 2.29. The quantitative estimate of drug-likeness (QED) is 0.812. The minimum Gasteiger partial charge on any atom is -0.358 e. The summed E-state index contributed by atoms with van der Waals surface area (Å²) in [5.41, 5.74) is 2.30. The Morgan fingerprint density at radius 2 is 2.27 bits per heavy atom. The van der Waals surface area contributed by atoms with Crippen LogP contribution in [-0.4, -0.2) is 28.9 Å². The van der Waals surface area contributed by atoms with Gasteiger partial charge in [-0.05, 0) is 17.9 Å². The van der Waals surface area contributed by atoms with Crippen LogP contribution in [0.1, 0.15) is 5.56 Å². The molecule has 0 aliphatic heterocycles. The Balaban J connectivity index is 2.51. The van der Waals surface area contributed by atoms with Gasteiger partial charge >= 0.3 is 0 Å². The lowest BCUT2D eigenvalue weighted by molar-refractivity contribution is 0.953. The molecule has 0 fully saturated rings. The summed E-state index contributed by atoms with van der Waals surface area (Å²) in [6.07, 6.45) is 1.64. The molecule has 0 atom stereocenters. The fourth-order valence-corrected chi connectivity index (χ4v) is 3.04. The van der Waals surface area contributed by atoms with Crippen LogP contribution in [0.15, 0.2) is 11.7 Å². The summed E-state index contributed by atoms with van der Waals surface area (Å²) in [6, 6.07) is 0. The van der Waals surface area contributed by atoms with Crippen LogP contribution in [0.25, 0.3) is 10.2 Å². The van der Waals surface area contributed by atoms with Crippen molar-refractivity contribution in [2.24, 2.45) is 0 Å². The Labute approximate surface area is 101 Å². The Morgan fingerprint density at radius 3 is 3.00 bits per heavy atom. The van der Waals surface area contributed by atoms with E-state index in [1.807, 2.05) is 0 Å². The molecule has 0 unspecified atom stereocenters. The van der Waals surface area contributed by atoms with Crippen LogP contribution >= 0.6 is 27.3 Å². The molecule has 0 aromatic carbocycles. The molecule has 0 bridgehead atoms. The first kappa shape index (κ1) is 10.8. The maximum Gasteiger partial charge on any atom is 0.149 e. The van der Waals surface area contributed by atoms with Gasteiger partial charge in [-0.15, -0.1) is 11.3 Å². The zero-order valence-electron chi connectivity index (χ0n) is 8.70. The number of nitrogens with zero attached hydrogens (tertiary/aromatic N) is 3. The van der Waals surface area contributed by atoms with Gasteiger partial charge in [-0.3, -0.25) is 0 Å². The third-order valence-corrected chi connectivity index (χ3v) is 3.73. The van der Waals surface area contributed by atoms with E-state index < -0.39 is 0 Å². The van der Waals surface area contributed by atoms with E-state index in [1.54, 1.807) is 17.7 Å². The lowest BCUT2D eigenvalue weighted by Gasteiger charge is -2.16. The lowest BCUT2D eigenvalue weighted by Crippen LogP contribution is -2.20. The van der Waals surface area contributed by atoms with Gasteiger partial charge in [0.2, 0.25) is 0 Å². The van der Waals surface area contributed by atoms with Gasteiger partial charge in [-0.2, -0.15) is 0 Å². The lowest BCUT2D eigenvalue weighted by atomic mass is 10.3. The van der Waals surface area contributed by atoms with Crippen molar-refractivity contribution in [1.82, 2.24) is 9.97 Å². The van der Waals surface area contributed by atoms with Crippen LogP contribution in [0.2, 0.25) is 0 Å². The van der Waals surface area contributed by atoms with Crippen molar-refractivity contribution in [2.45, 2.75) is 6.92 Å². The molecule has 0 radical (unpaired) electrons. The predicted molar refractivity (Wildman–Crippen MR) is 69.2 cm³/mol. The first-order chi connectivity index (χ1) is 7.24. The Hall–Kier alpha value is -0.680. The zero-order valence-corrected chi connectivity index (χ0v) is 11.1. The minimum atomic E-state index is 0.944. The van der Waals surface area contributed by atoms with Crippen molar-refractivity contribution in [3.05, 3.63) is 17.3 Å². The first-order valence-corrected chi connectivity index (χ1v) is 6.70. The van der Waals surface area contributed by atoms with Gasteiger partial charge in [0.25, 0.3) is 0 Å². The molecule has 0 aliphatic rings. The van der Waals surface area contributed by atoms with E-state index >= 15 is 0 Å². The van der Waals surface area contributed by atoms with E-state index in [4.69, 9.17) is 0 Å². The largest absolute Gasteiger partial charge is 0.358 e. The van der Waals surface area contributed by atoms with Crippen molar-refractivity contribution >= 4 is 43.3 Å². The van der Waals surface area contributed by atoms with Crippen molar-refractivity contribution in [3.8, 4) is 0 Å². The highest BCUT2D eigenvalue weighted by molar-refractivity contribution is 9.09. The van der Waals surface area contributed by atoms with Crippen LogP contribution in [0, 0.1) is 6.92 Å². The Bertz CT molecular complexity index is 469. The van der Waals surface area contributed by atoms with E-state index in [1.165, 1.54) is 10.3 Å². The standard InChI is InChI=1S/C10H12BrN3S/c1-7-5-15-9-8(7)12-6-13-10(9)14(2)4-3-11/h5-6H,3-4H2,1-2H3. The summed E-state index contributed by atoms with van der Waals surface area (Å²) >= 11 is 5.15. The fraction of sp³-hybridized carbons (Fsp3) is 0.400. The molecular weight excluding hydrogens is 274 g/mol. The molecule has 0 amide bonds. The van der Waals surface area contributed by atoms with Crippen molar-refractivity contribution < 1.29 is 0 Å². The number of rotatable bonds is 3. The SMILES string of the molecule is Cc1csc2c(N(C)CCBr)ncnc12. The fourth-order valence-electron chi connectivity index (χ4n) is 1.46. The number of thiophene rings is 1. The summed E-state index contributed by atoms with van der Waals surface area (Å²) in [5, 5.41) is 3.07. The molecule has 3 nitrogen and oxygen atoms in total. The van der Waals surface area contributed by atoms with Gasteiger partial charge in [0, 0.05) is 18.9 Å². The summed E-state index contributed by atoms with van der Waals surface area (Å²) in [7, 11) is 2.05. The number of aromatic nitrogens is 2. The average Bonchev–Trinajstić information content (AvgIpc) is 2.61. The highest BCUT2D eigenvalue weighted by Gasteiger charge is 2.10. The molecule has 15 heavy (non-hydrogen) atoms. The monoisotopic (exact) mass is 285 g/mol. The second-order valence-corrected chi connectivity index (χ2v) is 5.08. The molecular formula is C10H12BrN3S. The number of hydrogen-bond acceptors (Lipinski definition) is 4. The number of anilines is 1. The zero-order chi connectivity index (χ0) is 10.8. The van der Waals surface area contributed by atoms with E-state index in [2.05, 4.69) is 50.1 Å². The molecule has 0 N–H and O–H groups in total. The Morgan fingerprint density at radius 1 is 1.47 bits per heavy atom. The van der Waals surface area contributed by atoms with E-state index in [0.29, 0.717) is 0 Å². The number of hydrogen-bond donors (Lipinski definition) is 0. The van der Waals surface area contributed by atoms with E-state index in [-0.39, 0.29) is 0 Å².